The van der Waals surface area contributed by atoms with Crippen LogP contribution in [0.25, 0.3) is 10.9 Å². The van der Waals surface area contributed by atoms with E-state index >= 15 is 0 Å². The smallest absolute Gasteiger partial charge is 0.306 e. The first-order valence-corrected chi connectivity index (χ1v) is 3.18. The molecule has 0 spiro atoms. The van der Waals surface area contributed by atoms with E-state index in [0.29, 0.717) is 0 Å². The van der Waals surface area contributed by atoms with Crippen LogP contribution in [0, 0.1) is 6.07 Å². The van der Waals surface area contributed by atoms with Crippen LogP contribution >= 0.6 is 0 Å². The Morgan fingerprint density at radius 2 is 2.09 bits per heavy atom. The third kappa shape index (κ3) is 2.10. The molecule has 0 radical (unpaired) electrons. The molecule has 0 aliphatic rings. The summed E-state index contributed by atoms with van der Waals surface area (Å²) in [6, 6.07) is 12.8. The van der Waals surface area contributed by atoms with Crippen molar-refractivity contribution in [2.24, 2.45) is 0 Å². The maximum atomic E-state index is 4.15. The van der Waals surface area contributed by atoms with Crippen LogP contribution < -0.4 is 51.4 Å². The first-order chi connectivity index (χ1) is 4.97. The molecule has 48 valence electrons. The van der Waals surface area contributed by atoms with Crippen LogP contribution in [0.4, 0.5) is 0 Å². The molecule has 0 amide bonds. The molecular weight excluding hydrogens is 161 g/mol. The third-order valence-corrected chi connectivity index (χ3v) is 1.43. The molecule has 0 aliphatic carbocycles. The van der Waals surface area contributed by atoms with Crippen LogP contribution in [0.3, 0.4) is 0 Å². The van der Waals surface area contributed by atoms with E-state index in [0.717, 1.165) is 10.9 Å². The summed E-state index contributed by atoms with van der Waals surface area (Å²) in [5, 5.41) is 1.07. The van der Waals surface area contributed by atoms with Gasteiger partial charge < -0.3 is 4.98 Å². The van der Waals surface area contributed by atoms with Gasteiger partial charge in [0.2, 0.25) is 0 Å². The first kappa shape index (κ1) is 9.36. The van der Waals surface area contributed by atoms with Crippen molar-refractivity contribution < 1.29 is 51.4 Å². The minimum absolute atomic E-state index is 0. The van der Waals surface area contributed by atoms with E-state index < -0.39 is 0 Å². The van der Waals surface area contributed by atoms with Gasteiger partial charge >= 0.3 is 51.4 Å². The van der Waals surface area contributed by atoms with Crippen molar-refractivity contribution in [2.75, 3.05) is 0 Å². The molecular formula is C9H6KN. The van der Waals surface area contributed by atoms with Gasteiger partial charge in [-0.05, 0) is 5.52 Å². The summed E-state index contributed by atoms with van der Waals surface area (Å²) in [6.07, 6.45) is 1.79. The molecule has 1 heterocycles. The topological polar surface area (TPSA) is 12.9 Å². The van der Waals surface area contributed by atoms with E-state index in [-0.39, 0.29) is 51.4 Å². The molecule has 1 nitrogen and oxygen atoms in total. The second-order valence-electron chi connectivity index (χ2n) is 2.11. The van der Waals surface area contributed by atoms with Gasteiger partial charge in [-0.2, -0.15) is 0 Å². The summed E-state index contributed by atoms with van der Waals surface area (Å²) in [7, 11) is 0. The Balaban J connectivity index is 0.000000605. The molecule has 2 rings (SSSR count). The summed E-state index contributed by atoms with van der Waals surface area (Å²) < 4.78 is 0. The molecule has 0 unspecified atom stereocenters. The van der Waals surface area contributed by atoms with Gasteiger partial charge in [0.05, 0.1) is 0 Å². The zero-order valence-electron chi connectivity index (χ0n) is 6.41. The number of fused-ring (bicyclic) bond motifs is 1. The fourth-order valence-corrected chi connectivity index (χ4v) is 0.950. The molecule has 0 N–H and O–H groups in total. The van der Waals surface area contributed by atoms with E-state index in [1.807, 2.05) is 30.3 Å². The van der Waals surface area contributed by atoms with Gasteiger partial charge in [-0.15, -0.1) is 35.7 Å². The average molecular weight is 167 g/mol. The number of hydrogen-bond acceptors (Lipinski definition) is 1. The van der Waals surface area contributed by atoms with Crippen molar-refractivity contribution in [1.29, 1.82) is 0 Å². The van der Waals surface area contributed by atoms with Crippen LogP contribution in [0.2, 0.25) is 0 Å². The molecule has 0 aliphatic heterocycles. The standard InChI is InChI=1S/C9H6N.K/c1-2-6-9-8(4-1)5-3-7-10-9;/h1-3,5-7H;/q-1;+1. The first-order valence-electron chi connectivity index (χ1n) is 3.18. The van der Waals surface area contributed by atoms with Crippen LogP contribution in [0.1, 0.15) is 0 Å². The zero-order chi connectivity index (χ0) is 6.81. The van der Waals surface area contributed by atoms with Crippen molar-refractivity contribution in [3.63, 3.8) is 0 Å². The van der Waals surface area contributed by atoms with E-state index in [9.17, 15) is 0 Å². The van der Waals surface area contributed by atoms with E-state index in [2.05, 4.69) is 11.1 Å². The zero-order valence-corrected chi connectivity index (χ0v) is 9.53. The number of hydrogen-bond donors (Lipinski definition) is 0. The number of pyridine rings is 1. The van der Waals surface area contributed by atoms with Gasteiger partial charge in [-0.1, -0.05) is 6.07 Å². The fraction of sp³-hybridized carbons (Fsp3) is 0. The normalized spacial score (nSPS) is 9.09. The Bertz CT molecular complexity index is 281. The molecule has 2 heteroatoms. The van der Waals surface area contributed by atoms with Gasteiger partial charge in [-0.3, -0.25) is 0 Å². The second kappa shape index (κ2) is 4.33. The SMILES string of the molecule is [K+].[c-]1cccc2ncccc12. The molecule has 0 saturated heterocycles. The summed E-state index contributed by atoms with van der Waals surface area (Å²) in [4.78, 5) is 4.15. The van der Waals surface area contributed by atoms with Crippen LogP contribution in [0.5, 0.6) is 0 Å². The summed E-state index contributed by atoms with van der Waals surface area (Å²) in [5.41, 5.74) is 1.00. The van der Waals surface area contributed by atoms with Gasteiger partial charge in [0.1, 0.15) is 0 Å². The van der Waals surface area contributed by atoms with Crippen molar-refractivity contribution in [2.45, 2.75) is 0 Å². The number of nitrogens with zero attached hydrogens (tertiary/aromatic N) is 1. The Hall–Kier alpha value is 0.266. The molecule has 0 fully saturated rings. The van der Waals surface area contributed by atoms with E-state index in [1.165, 1.54) is 0 Å². The molecule has 0 atom stereocenters. The Morgan fingerprint density at radius 3 is 2.91 bits per heavy atom. The van der Waals surface area contributed by atoms with E-state index in [1.54, 1.807) is 6.20 Å². The quantitative estimate of drug-likeness (QED) is 0.364. The Morgan fingerprint density at radius 1 is 1.18 bits per heavy atom. The van der Waals surface area contributed by atoms with Crippen molar-refractivity contribution >= 4 is 10.9 Å². The van der Waals surface area contributed by atoms with Crippen molar-refractivity contribution in [3.05, 3.63) is 42.6 Å². The van der Waals surface area contributed by atoms with Crippen LogP contribution in [-0.2, 0) is 0 Å². The maximum Gasteiger partial charge on any atom is 1.00 e. The average Bonchev–Trinajstić information content (AvgIpc) is 2.05. The third-order valence-electron chi connectivity index (χ3n) is 1.43. The predicted molar refractivity (Wildman–Crippen MR) is 40.6 cm³/mol. The van der Waals surface area contributed by atoms with Crippen LogP contribution in [0.15, 0.2) is 36.5 Å². The summed E-state index contributed by atoms with van der Waals surface area (Å²) in [5.74, 6) is 0. The Labute approximate surface area is 108 Å². The molecule has 0 bridgehead atoms. The van der Waals surface area contributed by atoms with Crippen molar-refractivity contribution in [3.8, 4) is 0 Å². The Kier molecular flexibility index (Phi) is 3.68. The molecule has 2 aromatic rings. The van der Waals surface area contributed by atoms with E-state index in [4.69, 9.17) is 0 Å². The molecule has 0 saturated carbocycles. The summed E-state index contributed by atoms with van der Waals surface area (Å²) >= 11 is 0. The van der Waals surface area contributed by atoms with Gasteiger partial charge in [0.15, 0.2) is 0 Å². The molecule has 1 aromatic carbocycles. The van der Waals surface area contributed by atoms with Crippen LogP contribution in [-0.4, -0.2) is 4.98 Å². The number of rotatable bonds is 0. The fourth-order valence-electron chi connectivity index (χ4n) is 0.950. The molecule has 1 aromatic heterocycles. The number of aromatic nitrogens is 1. The minimum atomic E-state index is 0. The number of benzene rings is 1. The summed E-state index contributed by atoms with van der Waals surface area (Å²) in [6.45, 7) is 0. The van der Waals surface area contributed by atoms with Gasteiger partial charge in [0, 0.05) is 6.20 Å². The second-order valence-corrected chi connectivity index (χ2v) is 2.11. The van der Waals surface area contributed by atoms with Gasteiger partial charge in [0.25, 0.3) is 0 Å². The monoisotopic (exact) mass is 167 g/mol. The maximum absolute atomic E-state index is 4.15. The predicted octanol–water partition coefficient (Wildman–Crippen LogP) is -0.961. The van der Waals surface area contributed by atoms with Crippen molar-refractivity contribution in [1.82, 2.24) is 4.98 Å². The largest absolute Gasteiger partial charge is 1.00 e. The van der Waals surface area contributed by atoms with Gasteiger partial charge in [-0.25, -0.2) is 0 Å². The molecule has 11 heavy (non-hydrogen) atoms. The minimum Gasteiger partial charge on any atom is -0.306 e.